The van der Waals surface area contributed by atoms with E-state index in [1.165, 1.54) is 17.6 Å². The summed E-state index contributed by atoms with van der Waals surface area (Å²) in [7, 11) is 0. The maximum Gasteiger partial charge on any atom is -0.0222 e. The zero-order valence-corrected chi connectivity index (χ0v) is 10.4. The lowest BCUT2D eigenvalue weighted by Gasteiger charge is -2.06. The molecule has 0 fully saturated rings. The van der Waals surface area contributed by atoms with Gasteiger partial charge in [0.1, 0.15) is 0 Å². The third kappa shape index (κ3) is 14.0. The predicted molar refractivity (Wildman–Crippen MR) is 70.7 cm³/mol. The van der Waals surface area contributed by atoms with E-state index in [0.717, 1.165) is 0 Å². The van der Waals surface area contributed by atoms with Gasteiger partial charge in [-0.25, -0.2) is 0 Å². The fourth-order valence-corrected chi connectivity index (χ4v) is 1.25. The van der Waals surface area contributed by atoms with Crippen molar-refractivity contribution in [2.45, 2.75) is 62.3 Å². The third-order valence-electron chi connectivity index (χ3n) is 1.75. The Morgan fingerprint density at radius 1 is 1.14 bits per heavy atom. The Morgan fingerprint density at radius 2 is 1.57 bits per heavy atom. The molecule has 86 valence electrons. The van der Waals surface area contributed by atoms with E-state index in [1.54, 1.807) is 0 Å². The van der Waals surface area contributed by atoms with E-state index in [0.29, 0.717) is 5.92 Å². The van der Waals surface area contributed by atoms with E-state index in [1.807, 2.05) is 13.8 Å². The van der Waals surface area contributed by atoms with Gasteiger partial charge in [-0.3, -0.25) is 0 Å². The van der Waals surface area contributed by atoms with Crippen molar-refractivity contribution >= 4 is 0 Å². The smallest absolute Gasteiger partial charge is 0.0222 e. The van der Waals surface area contributed by atoms with Gasteiger partial charge in [0, 0.05) is 0 Å². The molecular formula is C14H30. The Kier molecular flexibility index (Phi) is 17.0. The summed E-state index contributed by atoms with van der Waals surface area (Å²) in [6.07, 6.45) is 5.71. The van der Waals surface area contributed by atoms with Gasteiger partial charge in [-0.15, -0.1) is 0 Å². The SMILES string of the molecule is C.C/C=C(/C)CC(C)C=C(C)C.CC. The molecule has 0 heterocycles. The summed E-state index contributed by atoms with van der Waals surface area (Å²) in [5.74, 6) is 0.691. The lowest BCUT2D eigenvalue weighted by atomic mass is 10.0. The van der Waals surface area contributed by atoms with Crippen LogP contribution in [0.1, 0.15) is 62.3 Å². The molecule has 14 heavy (non-hydrogen) atoms. The normalized spacial score (nSPS) is 11.8. The van der Waals surface area contributed by atoms with Crippen LogP contribution in [0.3, 0.4) is 0 Å². The lowest BCUT2D eigenvalue weighted by molar-refractivity contribution is 0.710. The van der Waals surface area contributed by atoms with E-state index < -0.39 is 0 Å². The molecule has 0 heteroatoms. The fourth-order valence-electron chi connectivity index (χ4n) is 1.25. The van der Waals surface area contributed by atoms with E-state index in [9.17, 15) is 0 Å². The molecule has 0 aliphatic heterocycles. The predicted octanol–water partition coefficient (Wildman–Crippen LogP) is 5.61. The van der Waals surface area contributed by atoms with Gasteiger partial charge in [-0.05, 0) is 40.0 Å². The summed E-state index contributed by atoms with van der Waals surface area (Å²) >= 11 is 0. The van der Waals surface area contributed by atoms with Crippen LogP contribution < -0.4 is 0 Å². The minimum atomic E-state index is 0. The molecule has 0 nitrogen and oxygen atoms in total. The minimum Gasteiger partial charge on any atom is -0.0887 e. The Morgan fingerprint density at radius 3 is 1.86 bits per heavy atom. The summed E-state index contributed by atoms with van der Waals surface area (Å²) in [6.45, 7) is 14.9. The summed E-state index contributed by atoms with van der Waals surface area (Å²) in [6, 6.07) is 0. The molecule has 1 unspecified atom stereocenters. The molecular weight excluding hydrogens is 168 g/mol. The molecule has 0 aromatic carbocycles. The highest BCUT2D eigenvalue weighted by Crippen LogP contribution is 2.13. The molecule has 0 aromatic heterocycles. The molecule has 0 spiro atoms. The first kappa shape index (κ1) is 19.1. The zero-order chi connectivity index (χ0) is 10.9. The second-order valence-corrected chi connectivity index (χ2v) is 3.56. The van der Waals surface area contributed by atoms with Gasteiger partial charge in [0.15, 0.2) is 0 Å². The number of hydrogen-bond acceptors (Lipinski definition) is 0. The highest BCUT2D eigenvalue weighted by molar-refractivity contribution is 5.03. The first-order chi connectivity index (χ1) is 6.06. The summed E-state index contributed by atoms with van der Waals surface area (Å²) in [5, 5.41) is 0. The van der Waals surface area contributed by atoms with Crippen LogP contribution in [0.25, 0.3) is 0 Å². The summed E-state index contributed by atoms with van der Waals surface area (Å²) < 4.78 is 0. The van der Waals surface area contributed by atoms with Crippen LogP contribution in [-0.2, 0) is 0 Å². The Hall–Kier alpha value is -0.520. The molecule has 0 N–H and O–H groups in total. The van der Waals surface area contributed by atoms with Crippen LogP contribution >= 0.6 is 0 Å². The van der Waals surface area contributed by atoms with E-state index >= 15 is 0 Å². The molecule has 0 radical (unpaired) electrons. The van der Waals surface area contributed by atoms with Crippen molar-refractivity contribution in [2.75, 3.05) is 0 Å². The van der Waals surface area contributed by atoms with Crippen LogP contribution in [0, 0.1) is 5.92 Å². The van der Waals surface area contributed by atoms with E-state index in [-0.39, 0.29) is 7.43 Å². The fraction of sp³-hybridized carbons (Fsp3) is 0.714. The molecule has 1 atom stereocenters. The van der Waals surface area contributed by atoms with Crippen molar-refractivity contribution in [2.24, 2.45) is 5.92 Å². The molecule has 0 aliphatic rings. The summed E-state index contributed by atoms with van der Waals surface area (Å²) in [5.41, 5.74) is 2.90. The van der Waals surface area contributed by atoms with Gasteiger partial charge in [0.05, 0.1) is 0 Å². The molecule has 0 aliphatic carbocycles. The van der Waals surface area contributed by atoms with Crippen molar-refractivity contribution in [3.8, 4) is 0 Å². The van der Waals surface area contributed by atoms with Crippen LogP contribution in [0.4, 0.5) is 0 Å². The van der Waals surface area contributed by atoms with Gasteiger partial charge in [-0.2, -0.15) is 0 Å². The van der Waals surface area contributed by atoms with Gasteiger partial charge in [-0.1, -0.05) is 51.5 Å². The van der Waals surface area contributed by atoms with Crippen LogP contribution in [0.5, 0.6) is 0 Å². The maximum absolute atomic E-state index is 2.33. The van der Waals surface area contributed by atoms with Crippen molar-refractivity contribution in [1.29, 1.82) is 0 Å². The average Bonchev–Trinajstić information content (AvgIpc) is 2.06. The van der Waals surface area contributed by atoms with Crippen molar-refractivity contribution in [3.05, 3.63) is 23.3 Å². The number of hydrogen-bond donors (Lipinski definition) is 0. The quantitative estimate of drug-likeness (QED) is 0.517. The largest absolute Gasteiger partial charge is 0.0887 e. The zero-order valence-electron chi connectivity index (χ0n) is 10.4. The third-order valence-corrected chi connectivity index (χ3v) is 1.75. The summed E-state index contributed by atoms with van der Waals surface area (Å²) in [4.78, 5) is 0. The standard InChI is InChI=1S/C11H20.C2H6.CH4/c1-6-10(4)8-11(5)7-9(2)3;1-2;/h6-7,11H,8H2,1-5H3;1-2H3;1H4/b10-6-;;. The molecule has 0 saturated heterocycles. The highest BCUT2D eigenvalue weighted by atomic mass is 14.0. The highest BCUT2D eigenvalue weighted by Gasteiger charge is 1.97. The van der Waals surface area contributed by atoms with Crippen LogP contribution in [-0.4, -0.2) is 0 Å². The second kappa shape index (κ2) is 12.5. The average molecular weight is 198 g/mol. The molecule has 0 saturated carbocycles. The number of rotatable bonds is 3. The molecule has 0 bridgehead atoms. The van der Waals surface area contributed by atoms with Gasteiger partial charge < -0.3 is 0 Å². The Bertz CT molecular complexity index is 157. The van der Waals surface area contributed by atoms with E-state index in [2.05, 4.69) is 46.8 Å². The van der Waals surface area contributed by atoms with Crippen molar-refractivity contribution in [3.63, 3.8) is 0 Å². The van der Waals surface area contributed by atoms with Crippen molar-refractivity contribution < 1.29 is 0 Å². The van der Waals surface area contributed by atoms with Crippen LogP contribution in [0.2, 0.25) is 0 Å². The first-order valence-electron chi connectivity index (χ1n) is 5.33. The van der Waals surface area contributed by atoms with Gasteiger partial charge >= 0.3 is 0 Å². The molecule has 0 aromatic rings. The maximum atomic E-state index is 2.33. The van der Waals surface area contributed by atoms with Crippen LogP contribution in [0.15, 0.2) is 23.3 Å². The minimum absolute atomic E-state index is 0. The number of allylic oxidation sites excluding steroid dienone is 4. The van der Waals surface area contributed by atoms with Gasteiger partial charge in [0.2, 0.25) is 0 Å². The molecule has 0 rings (SSSR count). The molecule has 0 amide bonds. The van der Waals surface area contributed by atoms with E-state index in [4.69, 9.17) is 0 Å². The second-order valence-electron chi connectivity index (χ2n) is 3.56. The van der Waals surface area contributed by atoms with Gasteiger partial charge in [0.25, 0.3) is 0 Å². The monoisotopic (exact) mass is 198 g/mol. The Labute approximate surface area is 92.1 Å². The first-order valence-corrected chi connectivity index (χ1v) is 5.33. The topological polar surface area (TPSA) is 0 Å². The van der Waals surface area contributed by atoms with Crippen molar-refractivity contribution in [1.82, 2.24) is 0 Å². The Balaban J connectivity index is -0.000000376. The lowest BCUT2D eigenvalue weighted by Crippen LogP contribution is -1.91.